The Kier molecular flexibility index (Phi) is 3.99. The fraction of sp³-hybridized carbons (Fsp3) is 0.562. The molecule has 1 amide bonds. The number of carbonyl (C=O) groups is 1. The van der Waals surface area contributed by atoms with Gasteiger partial charge in [0.15, 0.2) is 0 Å². The van der Waals surface area contributed by atoms with Crippen LogP contribution in [0.4, 0.5) is 5.69 Å². The molecule has 0 unspecified atom stereocenters. The van der Waals surface area contributed by atoms with Crippen molar-refractivity contribution in [1.82, 2.24) is 4.31 Å². The Labute approximate surface area is 132 Å². The van der Waals surface area contributed by atoms with Gasteiger partial charge in [-0.3, -0.25) is 4.79 Å². The van der Waals surface area contributed by atoms with E-state index in [0.717, 1.165) is 24.1 Å². The molecule has 0 saturated carbocycles. The van der Waals surface area contributed by atoms with Crippen LogP contribution in [-0.2, 0) is 21.2 Å². The molecule has 1 aromatic carbocycles. The van der Waals surface area contributed by atoms with E-state index >= 15 is 0 Å². The standard InChI is InChI=1S/C16H22N2O3S/c1-12-4-3-8-17(11-12)22(20,21)15-5-6-16-14(10-15)7-9-18(16)13(2)19/h5-6,10,12H,3-4,7-9,11H2,1-2H3/t12-/m0/s1. The van der Waals surface area contributed by atoms with E-state index in [2.05, 4.69) is 6.92 Å². The molecule has 0 radical (unpaired) electrons. The normalized spacial score (nSPS) is 22.6. The Morgan fingerprint density at radius 3 is 2.73 bits per heavy atom. The molecule has 1 fully saturated rings. The van der Waals surface area contributed by atoms with E-state index in [4.69, 9.17) is 0 Å². The second-order valence-electron chi connectivity index (χ2n) is 6.32. The molecular weight excluding hydrogens is 300 g/mol. The zero-order valence-electron chi connectivity index (χ0n) is 13.1. The van der Waals surface area contributed by atoms with Gasteiger partial charge in [0.25, 0.3) is 0 Å². The summed E-state index contributed by atoms with van der Waals surface area (Å²) in [6, 6.07) is 5.14. The second kappa shape index (κ2) is 5.66. The molecule has 1 saturated heterocycles. The van der Waals surface area contributed by atoms with Crippen LogP contribution in [0.3, 0.4) is 0 Å². The Morgan fingerprint density at radius 2 is 2.05 bits per heavy atom. The van der Waals surface area contributed by atoms with Crippen LogP contribution in [0.25, 0.3) is 0 Å². The van der Waals surface area contributed by atoms with E-state index in [9.17, 15) is 13.2 Å². The minimum absolute atomic E-state index is 0.000729. The highest BCUT2D eigenvalue weighted by atomic mass is 32.2. The highest BCUT2D eigenvalue weighted by Gasteiger charge is 2.30. The van der Waals surface area contributed by atoms with E-state index in [1.807, 2.05) is 0 Å². The summed E-state index contributed by atoms with van der Waals surface area (Å²) in [6.07, 6.45) is 2.72. The van der Waals surface area contributed by atoms with Crippen LogP contribution in [0, 0.1) is 5.92 Å². The molecule has 0 bridgehead atoms. The SMILES string of the molecule is CC(=O)N1CCc2cc(S(=O)(=O)N3CCC[C@H](C)C3)ccc21. The summed E-state index contributed by atoms with van der Waals surface area (Å²) in [5.41, 5.74) is 1.79. The molecule has 1 atom stereocenters. The van der Waals surface area contributed by atoms with Crippen LogP contribution in [0.15, 0.2) is 23.1 Å². The lowest BCUT2D eigenvalue weighted by Crippen LogP contribution is -2.39. The van der Waals surface area contributed by atoms with Gasteiger partial charge in [-0.05, 0) is 48.9 Å². The summed E-state index contributed by atoms with van der Waals surface area (Å²) in [5, 5.41) is 0. The molecule has 1 aromatic rings. The topological polar surface area (TPSA) is 57.7 Å². The minimum Gasteiger partial charge on any atom is -0.312 e. The quantitative estimate of drug-likeness (QED) is 0.837. The number of carbonyl (C=O) groups excluding carboxylic acids is 1. The lowest BCUT2D eigenvalue weighted by Gasteiger charge is -2.30. The number of piperidine rings is 1. The van der Waals surface area contributed by atoms with Crippen molar-refractivity contribution in [1.29, 1.82) is 0 Å². The molecule has 6 heteroatoms. The van der Waals surface area contributed by atoms with E-state index in [1.165, 1.54) is 6.92 Å². The maximum Gasteiger partial charge on any atom is 0.243 e. The van der Waals surface area contributed by atoms with Gasteiger partial charge in [0.1, 0.15) is 0 Å². The Hall–Kier alpha value is -1.40. The first-order chi connectivity index (χ1) is 10.4. The molecule has 2 heterocycles. The fourth-order valence-electron chi connectivity index (χ4n) is 3.38. The van der Waals surface area contributed by atoms with Crippen LogP contribution >= 0.6 is 0 Å². The van der Waals surface area contributed by atoms with E-state index in [1.54, 1.807) is 27.4 Å². The molecule has 0 aliphatic carbocycles. The van der Waals surface area contributed by atoms with Crippen molar-refractivity contribution in [3.05, 3.63) is 23.8 Å². The van der Waals surface area contributed by atoms with Crippen LogP contribution in [0.5, 0.6) is 0 Å². The second-order valence-corrected chi connectivity index (χ2v) is 8.26. The maximum atomic E-state index is 12.8. The van der Waals surface area contributed by atoms with Crippen molar-refractivity contribution in [2.24, 2.45) is 5.92 Å². The van der Waals surface area contributed by atoms with Gasteiger partial charge in [-0.1, -0.05) is 6.92 Å². The molecule has 120 valence electrons. The molecule has 0 aromatic heterocycles. The molecule has 0 N–H and O–H groups in total. The van der Waals surface area contributed by atoms with Gasteiger partial charge in [0.2, 0.25) is 15.9 Å². The average molecular weight is 322 g/mol. The van der Waals surface area contributed by atoms with Gasteiger partial charge in [-0.2, -0.15) is 4.31 Å². The smallest absolute Gasteiger partial charge is 0.243 e. The summed E-state index contributed by atoms with van der Waals surface area (Å²) in [6.45, 7) is 5.46. The highest BCUT2D eigenvalue weighted by Crippen LogP contribution is 2.32. The number of anilines is 1. The Morgan fingerprint density at radius 1 is 1.27 bits per heavy atom. The molecule has 22 heavy (non-hydrogen) atoms. The third kappa shape index (κ3) is 2.65. The molecule has 2 aliphatic heterocycles. The predicted octanol–water partition coefficient (Wildman–Crippen LogP) is 2.02. The van der Waals surface area contributed by atoms with Crippen LogP contribution < -0.4 is 4.90 Å². The Balaban J connectivity index is 1.91. The third-order valence-electron chi connectivity index (χ3n) is 4.58. The largest absolute Gasteiger partial charge is 0.312 e. The van der Waals surface area contributed by atoms with Gasteiger partial charge in [-0.15, -0.1) is 0 Å². The lowest BCUT2D eigenvalue weighted by atomic mass is 10.0. The first kappa shape index (κ1) is 15.5. The number of hydrogen-bond acceptors (Lipinski definition) is 3. The zero-order valence-corrected chi connectivity index (χ0v) is 13.9. The number of hydrogen-bond donors (Lipinski definition) is 0. The summed E-state index contributed by atoms with van der Waals surface area (Å²) in [7, 11) is -3.42. The summed E-state index contributed by atoms with van der Waals surface area (Å²) < 4.78 is 27.2. The van der Waals surface area contributed by atoms with E-state index in [0.29, 0.717) is 36.9 Å². The molecule has 2 aliphatic rings. The third-order valence-corrected chi connectivity index (χ3v) is 6.45. The van der Waals surface area contributed by atoms with Gasteiger partial charge in [0.05, 0.1) is 4.90 Å². The predicted molar refractivity (Wildman–Crippen MR) is 85.3 cm³/mol. The van der Waals surface area contributed by atoms with Crippen LogP contribution in [-0.4, -0.2) is 38.3 Å². The van der Waals surface area contributed by atoms with Crippen molar-refractivity contribution >= 4 is 21.6 Å². The molecule has 3 rings (SSSR count). The average Bonchev–Trinajstić information content (AvgIpc) is 2.90. The number of benzene rings is 1. The number of fused-ring (bicyclic) bond motifs is 1. The fourth-order valence-corrected chi connectivity index (χ4v) is 5.03. The van der Waals surface area contributed by atoms with E-state index < -0.39 is 10.0 Å². The van der Waals surface area contributed by atoms with Gasteiger partial charge >= 0.3 is 0 Å². The number of nitrogens with zero attached hydrogens (tertiary/aromatic N) is 2. The zero-order chi connectivity index (χ0) is 15.9. The van der Waals surface area contributed by atoms with Crippen molar-refractivity contribution in [3.8, 4) is 0 Å². The molecule has 0 spiro atoms. The molecule has 5 nitrogen and oxygen atoms in total. The van der Waals surface area contributed by atoms with Crippen molar-refractivity contribution in [3.63, 3.8) is 0 Å². The lowest BCUT2D eigenvalue weighted by molar-refractivity contribution is -0.116. The number of amides is 1. The van der Waals surface area contributed by atoms with Gasteiger partial charge in [-0.25, -0.2) is 8.42 Å². The monoisotopic (exact) mass is 322 g/mol. The minimum atomic E-state index is -3.42. The van der Waals surface area contributed by atoms with Gasteiger partial charge < -0.3 is 4.90 Å². The number of rotatable bonds is 2. The summed E-state index contributed by atoms with van der Waals surface area (Å²) in [5.74, 6) is 0.408. The molecular formula is C16H22N2O3S. The van der Waals surface area contributed by atoms with Crippen molar-refractivity contribution < 1.29 is 13.2 Å². The Bertz CT molecular complexity index is 699. The summed E-state index contributed by atoms with van der Waals surface area (Å²) >= 11 is 0. The van der Waals surface area contributed by atoms with Crippen molar-refractivity contribution in [2.75, 3.05) is 24.5 Å². The summed E-state index contributed by atoms with van der Waals surface area (Å²) in [4.78, 5) is 13.6. The van der Waals surface area contributed by atoms with Gasteiger partial charge in [0, 0.05) is 32.2 Å². The van der Waals surface area contributed by atoms with Crippen LogP contribution in [0.2, 0.25) is 0 Å². The first-order valence-electron chi connectivity index (χ1n) is 7.81. The first-order valence-corrected chi connectivity index (χ1v) is 9.25. The highest BCUT2D eigenvalue weighted by molar-refractivity contribution is 7.89. The van der Waals surface area contributed by atoms with Crippen molar-refractivity contribution in [2.45, 2.75) is 38.0 Å². The van der Waals surface area contributed by atoms with E-state index in [-0.39, 0.29) is 5.91 Å². The van der Waals surface area contributed by atoms with Crippen LogP contribution in [0.1, 0.15) is 32.3 Å². The maximum absolute atomic E-state index is 12.8. The number of sulfonamides is 1.